The zero-order valence-electron chi connectivity index (χ0n) is 69.9. The summed E-state index contributed by atoms with van der Waals surface area (Å²) in [4.78, 5) is 24.4. The maximum atomic E-state index is 10.9. The first kappa shape index (κ1) is 74.5. The summed E-state index contributed by atoms with van der Waals surface area (Å²) >= 11 is 0. The van der Waals surface area contributed by atoms with E-state index in [1.807, 2.05) is 127 Å². The molecule has 0 spiro atoms. The van der Waals surface area contributed by atoms with E-state index in [0.29, 0.717) is 28.6 Å². The zero-order valence-corrected chi connectivity index (χ0v) is 69.9. The Balaban J connectivity index is 0.000000140. The van der Waals surface area contributed by atoms with E-state index < -0.39 is 0 Å². The third-order valence-electron chi connectivity index (χ3n) is 25.8. The van der Waals surface area contributed by atoms with Gasteiger partial charge in [-0.05, 0) is 169 Å². The lowest BCUT2D eigenvalue weighted by atomic mass is 10.0. The molecule has 0 aliphatic heterocycles. The fraction of sp³-hybridized carbons (Fsp3) is 0. The number of fused-ring (bicyclic) bond motifs is 18. The first-order valence-electron chi connectivity index (χ1n) is 43.6. The Morgan fingerprint density at radius 1 is 0.208 bits per heavy atom. The van der Waals surface area contributed by atoms with E-state index in [9.17, 15) is 5.26 Å². The molecule has 0 amide bonds. The first-order valence-corrected chi connectivity index (χ1v) is 43.6. The predicted molar refractivity (Wildman–Crippen MR) is 534 cm³/mol. The summed E-state index contributed by atoms with van der Waals surface area (Å²) in [7, 11) is 0. The molecule has 130 heavy (non-hydrogen) atoms. The van der Waals surface area contributed by atoms with Gasteiger partial charge in [0.2, 0.25) is 5.69 Å². The fourth-order valence-electron chi connectivity index (χ4n) is 20.0. The summed E-state index contributed by atoms with van der Waals surface area (Å²) in [6.07, 6.45) is 0. The third kappa shape index (κ3) is 12.1. The van der Waals surface area contributed by atoms with Gasteiger partial charge in [-0.1, -0.05) is 273 Å². The number of hydrogen-bond donors (Lipinski definition) is 0. The molecule has 0 radical (unpaired) electrons. The quantitative estimate of drug-likeness (QED) is 0.113. The SMILES string of the molecule is N#Cc1cc(-n2c3ccc(-n4c5ccccc5c5ccccc54)cc3c3cc(-n4c5ccccc5c5ccccc54)ccc32)ccc1-c1cc(-c2ccccc2)nc(-c2ccccc2)n1.[C-]#[N+]c1cc(-c2cc(-c3ccccc3)nc(-c3ccccc3)n2)ccc1-n1c2ccc(-n3c4ccccc4c4ccccc43)cc2c2cc(-n3c4ccccc4c4ccccc43)ccc21. The minimum absolute atomic E-state index is 0.526. The molecular formula is C118H72N12. The average molecular weight is 1660 g/mol. The highest BCUT2D eigenvalue weighted by molar-refractivity contribution is 6.17. The smallest absolute Gasteiger partial charge is 0.211 e. The van der Waals surface area contributed by atoms with Crippen LogP contribution in [0.2, 0.25) is 0 Å². The van der Waals surface area contributed by atoms with Gasteiger partial charge in [0.1, 0.15) is 0 Å². The summed E-state index contributed by atoms with van der Waals surface area (Å²) in [6.45, 7) is 8.65. The van der Waals surface area contributed by atoms with Crippen molar-refractivity contribution in [1.29, 1.82) is 5.26 Å². The van der Waals surface area contributed by atoms with Gasteiger partial charge in [0.15, 0.2) is 11.6 Å². The molecular weight excluding hydrogens is 1590 g/mol. The van der Waals surface area contributed by atoms with Crippen LogP contribution >= 0.6 is 0 Å². The van der Waals surface area contributed by atoms with Gasteiger partial charge >= 0.3 is 0 Å². The van der Waals surface area contributed by atoms with Gasteiger partial charge < -0.3 is 27.4 Å². The van der Waals surface area contributed by atoms with Gasteiger partial charge in [0.05, 0.1) is 113 Å². The zero-order chi connectivity index (χ0) is 86.0. The molecule has 0 saturated heterocycles. The van der Waals surface area contributed by atoms with E-state index in [1.54, 1.807) is 0 Å². The summed E-state index contributed by atoms with van der Waals surface area (Å²) in [5.74, 6) is 1.24. The highest BCUT2D eigenvalue weighted by Gasteiger charge is 2.26. The lowest BCUT2D eigenvalue weighted by Gasteiger charge is -2.14. The van der Waals surface area contributed by atoms with Gasteiger partial charge in [-0.2, -0.15) is 5.26 Å². The molecule has 8 heterocycles. The van der Waals surface area contributed by atoms with Gasteiger partial charge in [-0.3, -0.25) is 0 Å². The van der Waals surface area contributed by atoms with Crippen LogP contribution in [0.4, 0.5) is 5.69 Å². The number of aromatic nitrogens is 10. The molecule has 26 aromatic rings. The van der Waals surface area contributed by atoms with Crippen LogP contribution in [0.5, 0.6) is 0 Å². The molecule has 0 fully saturated rings. The van der Waals surface area contributed by atoms with Crippen molar-refractivity contribution >= 4 is 137 Å². The van der Waals surface area contributed by atoms with Crippen molar-refractivity contribution in [3.05, 3.63) is 454 Å². The number of benzene rings is 18. The molecule has 604 valence electrons. The maximum Gasteiger partial charge on any atom is 0.211 e. The van der Waals surface area contributed by atoms with Gasteiger partial charge in [-0.25, -0.2) is 24.8 Å². The fourth-order valence-corrected chi connectivity index (χ4v) is 20.0. The van der Waals surface area contributed by atoms with E-state index in [4.69, 9.17) is 26.5 Å². The van der Waals surface area contributed by atoms with E-state index in [-0.39, 0.29) is 0 Å². The molecule has 0 atom stereocenters. The van der Waals surface area contributed by atoms with Crippen molar-refractivity contribution < 1.29 is 0 Å². The summed E-state index contributed by atoms with van der Waals surface area (Å²) in [5.41, 5.74) is 28.9. The molecule has 12 heteroatoms. The molecule has 18 aromatic carbocycles. The standard InChI is InChI=1S/2C59H36N6/c1-60-51-34-40(50-37-49(38-16-4-2-5-17-38)61-59(62-50)39-18-6-3-7-19-39)28-31-58(51)65-56-32-29-41(63-52-24-12-8-20-43(52)44-21-9-13-25-53(44)63)35-47(56)48-36-42(30-33-57(48)65)64-54-26-14-10-22-45(54)46-23-11-15-27-55(46)64;60-37-40-33-41(27-30-44(40)52-36-51(38-15-3-1-4-16-38)61-59(62-52)39-17-5-2-6-18-39)63-57-31-28-42(64-53-23-11-7-19-45(53)46-20-8-12-24-54(46)64)34-49(57)50-35-43(29-32-58(50)63)65-55-25-13-9-21-47(55)48-22-10-14-26-56(48)65/h2-37H;1-36H. The molecule has 0 N–H and O–H groups in total. The molecule has 8 aromatic heterocycles. The van der Waals surface area contributed by atoms with Crippen LogP contribution in [0, 0.1) is 17.9 Å². The highest BCUT2D eigenvalue weighted by atomic mass is 15.0. The maximum absolute atomic E-state index is 10.9. The Bertz CT molecular complexity index is 8540. The van der Waals surface area contributed by atoms with E-state index >= 15 is 0 Å². The molecule has 0 aliphatic rings. The minimum atomic E-state index is 0.526. The lowest BCUT2D eigenvalue weighted by Crippen LogP contribution is -1.99. The molecule has 0 unspecified atom stereocenters. The highest BCUT2D eigenvalue weighted by Crippen LogP contribution is 2.46. The van der Waals surface area contributed by atoms with Gasteiger partial charge in [0, 0.05) is 121 Å². The molecule has 12 nitrogen and oxygen atoms in total. The molecule has 0 saturated carbocycles. The average Bonchev–Trinajstić information content (AvgIpc) is 1.56. The second-order valence-corrected chi connectivity index (χ2v) is 33.0. The third-order valence-corrected chi connectivity index (χ3v) is 25.8. The molecule has 26 rings (SSSR count). The summed E-state index contributed by atoms with van der Waals surface area (Å²) < 4.78 is 14.1. The number of rotatable bonds is 12. The largest absolute Gasteiger partial charge is 0.319 e. The lowest BCUT2D eigenvalue weighted by molar-refractivity contribution is 1.15. The minimum Gasteiger partial charge on any atom is -0.319 e. The summed E-state index contributed by atoms with van der Waals surface area (Å²) in [5, 5.41) is 25.1. The monoisotopic (exact) mass is 1660 g/mol. The van der Waals surface area contributed by atoms with Crippen LogP contribution in [0.1, 0.15) is 5.56 Å². The number of nitrogens with zero attached hydrogens (tertiary/aromatic N) is 12. The Hall–Kier alpha value is -18.1. The second-order valence-electron chi connectivity index (χ2n) is 33.0. The Morgan fingerprint density at radius 3 is 0.777 bits per heavy atom. The Morgan fingerprint density at radius 2 is 0.462 bits per heavy atom. The van der Waals surface area contributed by atoms with Crippen molar-refractivity contribution in [3.8, 4) is 108 Å². The Labute approximate surface area is 745 Å². The summed E-state index contributed by atoms with van der Waals surface area (Å²) in [6, 6.07) is 155. The van der Waals surface area contributed by atoms with Gasteiger partial charge in [-0.15, -0.1) is 0 Å². The van der Waals surface area contributed by atoms with Crippen LogP contribution in [0.15, 0.2) is 437 Å². The second kappa shape index (κ2) is 30.4. The Kier molecular flexibility index (Phi) is 17.4. The van der Waals surface area contributed by atoms with Crippen LogP contribution in [-0.4, -0.2) is 47.3 Å². The number of nitriles is 1. The van der Waals surface area contributed by atoms with Crippen molar-refractivity contribution in [3.63, 3.8) is 0 Å². The molecule has 0 aliphatic carbocycles. The van der Waals surface area contributed by atoms with Crippen molar-refractivity contribution in [1.82, 2.24) is 47.3 Å². The topological polar surface area (TPSA) is 109 Å². The number of hydrogen-bond acceptors (Lipinski definition) is 5. The van der Waals surface area contributed by atoms with Crippen LogP contribution in [-0.2, 0) is 0 Å². The predicted octanol–water partition coefficient (Wildman–Crippen LogP) is 30.0. The van der Waals surface area contributed by atoms with Crippen molar-refractivity contribution in [2.24, 2.45) is 0 Å². The molecule has 0 bridgehead atoms. The van der Waals surface area contributed by atoms with E-state index in [1.165, 1.54) is 43.1 Å². The van der Waals surface area contributed by atoms with Crippen LogP contribution in [0.3, 0.4) is 0 Å². The van der Waals surface area contributed by atoms with Crippen molar-refractivity contribution in [2.45, 2.75) is 0 Å². The van der Waals surface area contributed by atoms with Crippen molar-refractivity contribution in [2.75, 3.05) is 0 Å². The number of para-hydroxylation sites is 8. The van der Waals surface area contributed by atoms with Crippen LogP contribution < -0.4 is 0 Å². The first-order chi connectivity index (χ1) is 64.4. The van der Waals surface area contributed by atoms with Crippen LogP contribution in [0.25, 0.3) is 238 Å². The normalized spacial score (nSPS) is 11.7. The van der Waals surface area contributed by atoms with E-state index in [0.717, 1.165) is 172 Å². The van der Waals surface area contributed by atoms with Gasteiger partial charge in [0.25, 0.3) is 0 Å². The van der Waals surface area contributed by atoms with E-state index in [2.05, 4.69) is 348 Å².